The van der Waals surface area contributed by atoms with Crippen LogP contribution in [0, 0.1) is 31.3 Å². The Balaban J connectivity index is 2.48. The summed E-state index contributed by atoms with van der Waals surface area (Å²) in [5.41, 5.74) is -3.65. The zero-order valence-electron chi connectivity index (χ0n) is 14.5. The number of benzene rings is 1. The molecule has 0 saturated carbocycles. The Morgan fingerprint density at radius 1 is 0.821 bits per heavy atom. The lowest BCUT2D eigenvalue weighted by Gasteiger charge is -2.19. The van der Waals surface area contributed by atoms with Gasteiger partial charge in [-0.3, -0.25) is 0 Å². The van der Waals surface area contributed by atoms with E-state index < -0.39 is 62.8 Å². The molecule has 3 aromatic rings. The van der Waals surface area contributed by atoms with Gasteiger partial charge < -0.3 is 19.0 Å². The molecule has 0 atom stereocenters. The first-order valence-electron chi connectivity index (χ1n) is 7.90. The van der Waals surface area contributed by atoms with Crippen molar-refractivity contribution >= 4 is 0 Å². The summed E-state index contributed by atoms with van der Waals surface area (Å²) < 4.78 is 50.7. The van der Waals surface area contributed by atoms with Crippen molar-refractivity contribution in [2.24, 2.45) is 0 Å². The second-order valence-electron chi connectivity index (χ2n) is 6.17. The van der Waals surface area contributed by atoms with Gasteiger partial charge in [0.1, 0.15) is 24.0 Å². The van der Waals surface area contributed by atoms with Crippen molar-refractivity contribution in [1.82, 2.24) is 0 Å². The van der Waals surface area contributed by atoms with Crippen LogP contribution < -0.4 is 11.3 Å². The number of aromatic hydroxyl groups is 2. The topological polar surface area (TPSA) is 101 Å². The fourth-order valence-electron chi connectivity index (χ4n) is 2.87. The monoisotopic (exact) mass is 394 g/mol. The van der Waals surface area contributed by atoms with Crippen LogP contribution in [0.2, 0.25) is 0 Å². The van der Waals surface area contributed by atoms with Crippen LogP contribution in [0.4, 0.5) is 13.2 Å². The third-order valence-corrected chi connectivity index (χ3v) is 4.30. The standard InChI is InChI=1S/C19H13F3O6/c1-7-5-27-18(25)13(16(7)23)12(9-3-10(20)15(22)11(21)4-9)14-17(24)8(2)6-28-19(14)26/h3-6,12,23-24H,1-2H3. The van der Waals surface area contributed by atoms with Crippen molar-refractivity contribution in [3.8, 4) is 11.5 Å². The molecule has 0 aliphatic heterocycles. The second-order valence-corrected chi connectivity index (χ2v) is 6.17. The van der Waals surface area contributed by atoms with Crippen LogP contribution in [-0.2, 0) is 0 Å². The van der Waals surface area contributed by atoms with E-state index in [2.05, 4.69) is 0 Å². The van der Waals surface area contributed by atoms with E-state index in [1.54, 1.807) is 0 Å². The SMILES string of the molecule is Cc1coc(=O)c(C(c2cc(F)c(F)c(F)c2)c2c(O)c(C)coc2=O)c1O. The van der Waals surface area contributed by atoms with E-state index in [1.165, 1.54) is 13.8 Å². The van der Waals surface area contributed by atoms with E-state index in [0.29, 0.717) is 12.1 Å². The van der Waals surface area contributed by atoms with E-state index in [0.717, 1.165) is 12.5 Å². The molecule has 28 heavy (non-hydrogen) atoms. The molecule has 0 unspecified atom stereocenters. The predicted molar refractivity (Wildman–Crippen MR) is 90.0 cm³/mol. The number of aryl methyl sites for hydroxylation is 2. The zero-order chi connectivity index (χ0) is 20.7. The highest BCUT2D eigenvalue weighted by Gasteiger charge is 2.32. The Morgan fingerprint density at radius 3 is 1.61 bits per heavy atom. The van der Waals surface area contributed by atoms with Crippen molar-refractivity contribution in [3.05, 3.63) is 90.8 Å². The predicted octanol–water partition coefficient (Wildman–Crippen LogP) is 3.22. The molecule has 3 rings (SSSR count). The summed E-state index contributed by atoms with van der Waals surface area (Å²) in [4.78, 5) is 24.6. The van der Waals surface area contributed by atoms with Crippen LogP contribution in [0.1, 0.15) is 33.7 Å². The summed E-state index contributed by atoms with van der Waals surface area (Å²) in [7, 11) is 0. The third kappa shape index (κ3) is 3.04. The van der Waals surface area contributed by atoms with Gasteiger partial charge in [0, 0.05) is 11.1 Å². The Kier molecular flexibility index (Phi) is 4.76. The van der Waals surface area contributed by atoms with Gasteiger partial charge in [-0.25, -0.2) is 22.8 Å². The summed E-state index contributed by atoms with van der Waals surface area (Å²) in [6.45, 7) is 2.76. The molecule has 2 N–H and O–H groups in total. The number of rotatable bonds is 3. The Morgan fingerprint density at radius 2 is 1.21 bits per heavy atom. The maximum atomic E-state index is 13.8. The van der Waals surface area contributed by atoms with E-state index in [-0.39, 0.29) is 11.1 Å². The average Bonchev–Trinajstić information content (AvgIpc) is 2.64. The number of hydrogen-bond acceptors (Lipinski definition) is 6. The smallest absolute Gasteiger partial charge is 0.343 e. The molecule has 0 amide bonds. The molecule has 2 aromatic heterocycles. The molecule has 0 radical (unpaired) electrons. The molecular formula is C19H13F3O6. The molecule has 0 fully saturated rings. The first-order chi connectivity index (χ1) is 13.1. The molecule has 6 nitrogen and oxygen atoms in total. The van der Waals surface area contributed by atoms with E-state index in [9.17, 15) is 33.0 Å². The highest BCUT2D eigenvalue weighted by atomic mass is 19.2. The highest BCUT2D eigenvalue weighted by Crippen LogP contribution is 2.39. The van der Waals surface area contributed by atoms with Crippen LogP contribution in [0.15, 0.2) is 43.1 Å². The minimum Gasteiger partial charge on any atom is -0.507 e. The van der Waals surface area contributed by atoms with Crippen molar-refractivity contribution in [2.45, 2.75) is 19.8 Å². The normalized spacial score (nSPS) is 11.2. The maximum absolute atomic E-state index is 13.8. The van der Waals surface area contributed by atoms with Crippen molar-refractivity contribution in [1.29, 1.82) is 0 Å². The highest BCUT2D eigenvalue weighted by molar-refractivity contribution is 5.53. The van der Waals surface area contributed by atoms with Crippen LogP contribution in [-0.4, -0.2) is 10.2 Å². The van der Waals surface area contributed by atoms with Gasteiger partial charge in [0.05, 0.1) is 17.0 Å². The lowest BCUT2D eigenvalue weighted by molar-refractivity contribution is 0.411. The largest absolute Gasteiger partial charge is 0.507 e. The van der Waals surface area contributed by atoms with Gasteiger partial charge in [-0.15, -0.1) is 0 Å². The summed E-state index contributed by atoms with van der Waals surface area (Å²) in [6, 6.07) is 1.09. The van der Waals surface area contributed by atoms with E-state index in [4.69, 9.17) is 8.83 Å². The molecule has 1 aromatic carbocycles. The quantitative estimate of drug-likeness (QED) is 0.662. The molecule has 0 bridgehead atoms. The van der Waals surface area contributed by atoms with Crippen LogP contribution >= 0.6 is 0 Å². The molecule has 2 heterocycles. The van der Waals surface area contributed by atoms with Gasteiger partial charge in [0.2, 0.25) is 0 Å². The van der Waals surface area contributed by atoms with E-state index in [1.807, 2.05) is 0 Å². The lowest BCUT2D eigenvalue weighted by atomic mass is 9.84. The first-order valence-corrected chi connectivity index (χ1v) is 7.90. The number of halogens is 3. The molecule has 0 saturated heterocycles. The molecule has 0 aliphatic carbocycles. The summed E-state index contributed by atoms with van der Waals surface area (Å²) in [6.07, 6.45) is 1.89. The lowest BCUT2D eigenvalue weighted by Crippen LogP contribution is -2.22. The van der Waals surface area contributed by atoms with E-state index >= 15 is 0 Å². The minimum absolute atomic E-state index is 0.0826. The molecule has 146 valence electrons. The zero-order valence-corrected chi connectivity index (χ0v) is 14.5. The van der Waals surface area contributed by atoms with Gasteiger partial charge in [0.15, 0.2) is 17.5 Å². The Hall–Kier alpha value is -3.49. The molecule has 0 spiro atoms. The average molecular weight is 394 g/mol. The summed E-state index contributed by atoms with van der Waals surface area (Å²) >= 11 is 0. The first kappa shape index (κ1) is 19.3. The van der Waals surface area contributed by atoms with Crippen LogP contribution in [0.25, 0.3) is 0 Å². The van der Waals surface area contributed by atoms with Crippen molar-refractivity contribution < 1.29 is 32.2 Å². The maximum Gasteiger partial charge on any atom is 0.343 e. The summed E-state index contributed by atoms with van der Waals surface area (Å²) in [5.74, 6) is -7.88. The van der Waals surface area contributed by atoms with Gasteiger partial charge in [-0.2, -0.15) is 0 Å². The van der Waals surface area contributed by atoms with Gasteiger partial charge in [0.25, 0.3) is 0 Å². The summed E-state index contributed by atoms with van der Waals surface area (Å²) in [5, 5.41) is 20.8. The molecular weight excluding hydrogens is 381 g/mol. The molecule has 9 heteroatoms. The van der Waals surface area contributed by atoms with Crippen LogP contribution in [0.3, 0.4) is 0 Å². The van der Waals surface area contributed by atoms with Gasteiger partial charge >= 0.3 is 11.3 Å². The number of hydrogen-bond donors (Lipinski definition) is 2. The fourth-order valence-corrected chi connectivity index (χ4v) is 2.87. The minimum atomic E-state index is -1.76. The Bertz CT molecular complexity index is 1110. The fraction of sp³-hybridized carbons (Fsp3) is 0.158. The van der Waals surface area contributed by atoms with Crippen molar-refractivity contribution in [2.75, 3.05) is 0 Å². The third-order valence-electron chi connectivity index (χ3n) is 4.30. The Labute approximate surface area is 155 Å². The van der Waals surface area contributed by atoms with Gasteiger partial charge in [-0.1, -0.05) is 0 Å². The van der Waals surface area contributed by atoms with Crippen LogP contribution in [0.5, 0.6) is 11.5 Å². The van der Waals surface area contributed by atoms with Gasteiger partial charge in [-0.05, 0) is 31.5 Å². The molecule has 0 aliphatic rings. The second kappa shape index (κ2) is 6.91. The van der Waals surface area contributed by atoms with Crippen molar-refractivity contribution in [3.63, 3.8) is 0 Å².